The Morgan fingerprint density at radius 2 is 1.73 bits per heavy atom. The molecule has 2 rings (SSSR count). The van der Waals surface area contributed by atoms with E-state index in [1.807, 2.05) is 12.1 Å². The van der Waals surface area contributed by atoms with Crippen LogP contribution in [0.4, 0.5) is 0 Å². The number of methoxy groups -OCH3 is 3. The van der Waals surface area contributed by atoms with Gasteiger partial charge in [0.15, 0.2) is 17.3 Å². The van der Waals surface area contributed by atoms with E-state index in [0.717, 1.165) is 35.4 Å². The standard InChI is InChI=1S/C17H21ClO4/c1-20-15-9-11(10-16(21-2)17(15)22-3)7-8-14(19)12-5-4-6-13(12)18/h9-10H,4-8H2,1-3H3. The monoisotopic (exact) mass is 324 g/mol. The molecule has 0 spiro atoms. The number of Topliss-reactive ketones (excluding diaryl/α,β-unsaturated/α-hetero) is 1. The third kappa shape index (κ3) is 3.55. The Bertz CT molecular complexity index is 567. The van der Waals surface area contributed by atoms with Crippen molar-refractivity contribution in [2.75, 3.05) is 21.3 Å². The van der Waals surface area contributed by atoms with Gasteiger partial charge in [0.1, 0.15) is 0 Å². The molecule has 0 unspecified atom stereocenters. The van der Waals surface area contributed by atoms with Crippen molar-refractivity contribution in [2.45, 2.75) is 32.1 Å². The number of aryl methyl sites for hydroxylation is 1. The number of ether oxygens (including phenoxy) is 3. The molecule has 0 aliphatic heterocycles. The van der Waals surface area contributed by atoms with Gasteiger partial charge in [0.2, 0.25) is 5.75 Å². The summed E-state index contributed by atoms with van der Waals surface area (Å²) in [6.07, 6.45) is 3.65. The van der Waals surface area contributed by atoms with Crippen LogP contribution in [0.2, 0.25) is 0 Å². The molecule has 0 amide bonds. The lowest BCUT2D eigenvalue weighted by Gasteiger charge is -2.14. The van der Waals surface area contributed by atoms with Crippen molar-refractivity contribution in [3.05, 3.63) is 28.3 Å². The molecule has 0 fully saturated rings. The molecular formula is C17H21ClO4. The van der Waals surface area contributed by atoms with Crippen molar-refractivity contribution in [3.8, 4) is 17.2 Å². The number of halogens is 1. The number of hydrogen-bond acceptors (Lipinski definition) is 4. The molecule has 1 aliphatic rings. The third-order valence-electron chi connectivity index (χ3n) is 3.85. The number of hydrogen-bond donors (Lipinski definition) is 0. The van der Waals surface area contributed by atoms with E-state index in [-0.39, 0.29) is 5.78 Å². The first kappa shape index (κ1) is 16.7. The van der Waals surface area contributed by atoms with E-state index >= 15 is 0 Å². The lowest BCUT2D eigenvalue weighted by Crippen LogP contribution is -2.04. The van der Waals surface area contributed by atoms with Crippen LogP contribution in [-0.4, -0.2) is 27.1 Å². The molecule has 0 bridgehead atoms. The van der Waals surface area contributed by atoms with Crippen LogP contribution in [0.1, 0.15) is 31.2 Å². The van der Waals surface area contributed by atoms with Gasteiger partial charge in [-0.2, -0.15) is 0 Å². The highest BCUT2D eigenvalue weighted by Crippen LogP contribution is 2.38. The minimum Gasteiger partial charge on any atom is -0.493 e. The molecule has 1 aromatic rings. The second-order valence-corrected chi connectivity index (χ2v) is 5.65. The molecule has 1 aromatic carbocycles. The number of carbonyl (C=O) groups is 1. The summed E-state index contributed by atoms with van der Waals surface area (Å²) in [5.74, 6) is 1.89. The Kier molecular flexibility index (Phi) is 5.72. The summed E-state index contributed by atoms with van der Waals surface area (Å²) in [6.45, 7) is 0. The summed E-state index contributed by atoms with van der Waals surface area (Å²) in [5, 5.41) is 0.731. The van der Waals surface area contributed by atoms with Crippen molar-refractivity contribution in [1.82, 2.24) is 0 Å². The highest BCUT2D eigenvalue weighted by molar-refractivity contribution is 6.32. The largest absolute Gasteiger partial charge is 0.493 e. The Morgan fingerprint density at radius 1 is 1.09 bits per heavy atom. The zero-order valence-corrected chi connectivity index (χ0v) is 14.0. The van der Waals surface area contributed by atoms with Crippen LogP contribution in [0.3, 0.4) is 0 Å². The maximum Gasteiger partial charge on any atom is 0.203 e. The summed E-state index contributed by atoms with van der Waals surface area (Å²) in [4.78, 5) is 12.2. The van der Waals surface area contributed by atoms with Crippen LogP contribution >= 0.6 is 11.6 Å². The average molecular weight is 325 g/mol. The van der Waals surface area contributed by atoms with Crippen LogP contribution < -0.4 is 14.2 Å². The molecule has 0 atom stereocenters. The van der Waals surface area contributed by atoms with Crippen LogP contribution in [-0.2, 0) is 11.2 Å². The van der Waals surface area contributed by atoms with Crippen molar-refractivity contribution >= 4 is 17.4 Å². The maximum atomic E-state index is 12.2. The first-order valence-corrected chi connectivity index (χ1v) is 7.68. The van der Waals surface area contributed by atoms with E-state index in [4.69, 9.17) is 25.8 Å². The SMILES string of the molecule is COc1cc(CCC(=O)C2=C(Cl)CCC2)cc(OC)c1OC. The first-order valence-electron chi connectivity index (χ1n) is 7.30. The van der Waals surface area contributed by atoms with Gasteiger partial charge in [0.25, 0.3) is 0 Å². The van der Waals surface area contributed by atoms with Gasteiger partial charge in [-0.25, -0.2) is 0 Å². The fraction of sp³-hybridized carbons (Fsp3) is 0.471. The highest BCUT2D eigenvalue weighted by Gasteiger charge is 2.20. The number of ketones is 1. The molecule has 0 saturated carbocycles. The zero-order chi connectivity index (χ0) is 16.1. The van der Waals surface area contributed by atoms with Gasteiger partial charge in [0.05, 0.1) is 21.3 Å². The third-order valence-corrected chi connectivity index (χ3v) is 4.27. The number of benzene rings is 1. The molecule has 0 radical (unpaired) electrons. The maximum absolute atomic E-state index is 12.2. The fourth-order valence-corrected chi connectivity index (χ4v) is 3.02. The van der Waals surface area contributed by atoms with Gasteiger partial charge < -0.3 is 14.2 Å². The Labute approximate surface area is 136 Å². The van der Waals surface area contributed by atoms with E-state index in [0.29, 0.717) is 30.1 Å². The van der Waals surface area contributed by atoms with Gasteiger partial charge in [-0.15, -0.1) is 0 Å². The van der Waals surface area contributed by atoms with Crippen LogP contribution in [0.15, 0.2) is 22.7 Å². The van der Waals surface area contributed by atoms with Crippen molar-refractivity contribution in [2.24, 2.45) is 0 Å². The lowest BCUT2D eigenvalue weighted by molar-refractivity contribution is -0.115. The van der Waals surface area contributed by atoms with E-state index in [1.165, 1.54) is 0 Å². The van der Waals surface area contributed by atoms with Crippen LogP contribution in [0, 0.1) is 0 Å². The van der Waals surface area contributed by atoms with Gasteiger partial charge in [-0.05, 0) is 43.4 Å². The van der Waals surface area contributed by atoms with Crippen LogP contribution in [0.25, 0.3) is 0 Å². The molecule has 5 heteroatoms. The van der Waals surface area contributed by atoms with E-state index in [2.05, 4.69) is 0 Å². The highest BCUT2D eigenvalue weighted by atomic mass is 35.5. The summed E-state index contributed by atoms with van der Waals surface area (Å²) < 4.78 is 15.9. The first-order chi connectivity index (χ1) is 10.6. The molecule has 4 nitrogen and oxygen atoms in total. The van der Waals surface area contributed by atoms with Gasteiger partial charge in [-0.3, -0.25) is 4.79 Å². The summed E-state index contributed by atoms with van der Waals surface area (Å²) in [6, 6.07) is 3.75. The molecule has 22 heavy (non-hydrogen) atoms. The smallest absolute Gasteiger partial charge is 0.203 e. The molecule has 0 aromatic heterocycles. The number of rotatable bonds is 7. The number of allylic oxidation sites excluding steroid dienone is 2. The lowest BCUT2D eigenvalue weighted by atomic mass is 10.0. The molecule has 0 N–H and O–H groups in total. The zero-order valence-electron chi connectivity index (χ0n) is 13.2. The molecule has 0 heterocycles. The Hall–Kier alpha value is -1.68. The van der Waals surface area contributed by atoms with Crippen molar-refractivity contribution in [1.29, 1.82) is 0 Å². The Morgan fingerprint density at radius 3 is 2.18 bits per heavy atom. The predicted molar refractivity (Wildman–Crippen MR) is 86.2 cm³/mol. The van der Waals surface area contributed by atoms with E-state index in [9.17, 15) is 4.79 Å². The van der Waals surface area contributed by atoms with Crippen molar-refractivity contribution in [3.63, 3.8) is 0 Å². The van der Waals surface area contributed by atoms with Gasteiger partial charge in [-0.1, -0.05) is 11.6 Å². The van der Waals surface area contributed by atoms with E-state index in [1.54, 1.807) is 21.3 Å². The predicted octanol–water partition coefficient (Wildman–Crippen LogP) is 3.89. The quantitative estimate of drug-likeness (QED) is 0.763. The second kappa shape index (κ2) is 7.54. The molecule has 0 saturated heterocycles. The molecule has 1 aliphatic carbocycles. The topological polar surface area (TPSA) is 44.8 Å². The normalized spacial score (nSPS) is 14.2. The van der Waals surface area contributed by atoms with E-state index < -0.39 is 0 Å². The summed E-state index contributed by atoms with van der Waals surface area (Å²) in [7, 11) is 4.73. The van der Waals surface area contributed by atoms with Gasteiger partial charge >= 0.3 is 0 Å². The number of carbonyl (C=O) groups excluding carboxylic acids is 1. The minimum absolute atomic E-state index is 0.135. The second-order valence-electron chi connectivity index (χ2n) is 5.19. The average Bonchev–Trinajstić information content (AvgIpc) is 2.97. The van der Waals surface area contributed by atoms with Gasteiger partial charge in [0, 0.05) is 17.0 Å². The summed E-state index contributed by atoms with van der Waals surface area (Å²) >= 11 is 6.09. The molecule has 120 valence electrons. The minimum atomic E-state index is 0.135. The fourth-order valence-electron chi connectivity index (χ4n) is 2.69. The van der Waals surface area contributed by atoms with Crippen LogP contribution in [0.5, 0.6) is 17.2 Å². The van der Waals surface area contributed by atoms with Crippen molar-refractivity contribution < 1.29 is 19.0 Å². The summed E-state index contributed by atoms with van der Waals surface area (Å²) in [5.41, 5.74) is 1.77. The Balaban J connectivity index is 2.13. The molecular weight excluding hydrogens is 304 g/mol.